The number of rotatable bonds is 5. The summed E-state index contributed by atoms with van der Waals surface area (Å²) in [6, 6.07) is 15.3. The van der Waals surface area contributed by atoms with Gasteiger partial charge in [0.25, 0.3) is 0 Å². The molecular weight excluding hydrogens is 313 g/mol. The molecule has 4 rings (SSSR count). The van der Waals surface area contributed by atoms with Crippen LogP contribution in [-0.2, 0) is 6.42 Å². The van der Waals surface area contributed by atoms with Crippen LogP contribution in [0.5, 0.6) is 0 Å². The predicted octanol–water partition coefficient (Wildman–Crippen LogP) is 4.80. The lowest BCUT2D eigenvalue weighted by Gasteiger charge is -2.08. The number of hydrogen-bond donors (Lipinski definition) is 2. The van der Waals surface area contributed by atoms with Crippen LogP contribution in [0.1, 0.15) is 18.4 Å². The predicted molar refractivity (Wildman–Crippen MR) is 101 cm³/mol. The second-order valence-corrected chi connectivity index (χ2v) is 6.27. The van der Waals surface area contributed by atoms with Crippen molar-refractivity contribution in [1.29, 1.82) is 0 Å². The van der Waals surface area contributed by atoms with Gasteiger partial charge in [-0.3, -0.25) is 4.98 Å². The third-order valence-electron chi connectivity index (χ3n) is 4.67. The van der Waals surface area contributed by atoms with Crippen LogP contribution in [0.4, 0.5) is 4.39 Å². The molecule has 4 heteroatoms. The molecule has 0 radical (unpaired) electrons. The lowest BCUT2D eigenvalue weighted by molar-refractivity contribution is 0.637. The molecule has 0 aliphatic heterocycles. The summed E-state index contributed by atoms with van der Waals surface area (Å²) in [5.74, 6) is -0.225. The van der Waals surface area contributed by atoms with E-state index in [1.54, 1.807) is 12.3 Å². The first-order valence-corrected chi connectivity index (χ1v) is 8.63. The highest BCUT2D eigenvalue weighted by atomic mass is 19.1. The molecule has 4 aromatic rings. The van der Waals surface area contributed by atoms with Crippen LogP contribution in [0.25, 0.3) is 33.1 Å². The standard InChI is InChI=1S/C21H20FN3/c22-18-11-4-9-16-15(8-1-2-12-23)20(25-21(16)18)17-10-3-6-14-7-5-13-24-19(14)17/h3-7,9-11,13,25H,1-2,8,12,23H2. The molecule has 0 aliphatic carbocycles. The summed E-state index contributed by atoms with van der Waals surface area (Å²) < 4.78 is 14.3. The lowest BCUT2D eigenvalue weighted by atomic mass is 9.98. The fourth-order valence-corrected chi connectivity index (χ4v) is 3.48. The summed E-state index contributed by atoms with van der Waals surface area (Å²) in [6.45, 7) is 0.669. The Labute approximate surface area is 145 Å². The zero-order valence-corrected chi connectivity index (χ0v) is 13.9. The van der Waals surface area contributed by atoms with Crippen molar-refractivity contribution >= 4 is 21.8 Å². The monoisotopic (exact) mass is 333 g/mol. The van der Waals surface area contributed by atoms with Gasteiger partial charge in [0.05, 0.1) is 16.7 Å². The molecule has 2 heterocycles. The fraction of sp³-hybridized carbons (Fsp3) is 0.190. The van der Waals surface area contributed by atoms with E-state index in [1.165, 1.54) is 6.07 Å². The maximum absolute atomic E-state index is 14.3. The van der Waals surface area contributed by atoms with Crippen LogP contribution < -0.4 is 5.73 Å². The molecule has 25 heavy (non-hydrogen) atoms. The van der Waals surface area contributed by atoms with E-state index in [0.29, 0.717) is 12.1 Å². The van der Waals surface area contributed by atoms with E-state index >= 15 is 0 Å². The van der Waals surface area contributed by atoms with E-state index in [0.717, 1.165) is 52.4 Å². The van der Waals surface area contributed by atoms with Gasteiger partial charge in [0, 0.05) is 22.5 Å². The van der Waals surface area contributed by atoms with Crippen LogP contribution in [-0.4, -0.2) is 16.5 Å². The van der Waals surface area contributed by atoms with E-state index in [2.05, 4.69) is 9.97 Å². The van der Waals surface area contributed by atoms with Crippen molar-refractivity contribution < 1.29 is 4.39 Å². The fourth-order valence-electron chi connectivity index (χ4n) is 3.48. The van der Waals surface area contributed by atoms with Crippen molar-refractivity contribution in [3.63, 3.8) is 0 Å². The molecule has 0 atom stereocenters. The second-order valence-electron chi connectivity index (χ2n) is 6.27. The Kier molecular flexibility index (Phi) is 4.20. The van der Waals surface area contributed by atoms with E-state index in [1.807, 2.05) is 36.4 Å². The van der Waals surface area contributed by atoms with Crippen LogP contribution in [0.15, 0.2) is 54.7 Å². The summed E-state index contributed by atoms with van der Waals surface area (Å²) in [5.41, 5.74) is 10.3. The number of unbranched alkanes of at least 4 members (excludes halogenated alkanes) is 1. The average Bonchev–Trinajstić information content (AvgIpc) is 3.01. The summed E-state index contributed by atoms with van der Waals surface area (Å²) in [6.07, 6.45) is 4.59. The highest BCUT2D eigenvalue weighted by Gasteiger charge is 2.17. The third-order valence-corrected chi connectivity index (χ3v) is 4.67. The van der Waals surface area contributed by atoms with Gasteiger partial charge in [0.15, 0.2) is 0 Å². The zero-order chi connectivity index (χ0) is 17.2. The maximum Gasteiger partial charge on any atom is 0.147 e. The number of benzene rings is 2. The minimum absolute atomic E-state index is 0.225. The number of para-hydroxylation sites is 2. The molecule has 0 fully saturated rings. The van der Waals surface area contributed by atoms with Crippen molar-refractivity contribution in [2.75, 3.05) is 6.54 Å². The lowest BCUT2D eigenvalue weighted by Crippen LogP contribution is -1.99. The van der Waals surface area contributed by atoms with Gasteiger partial charge in [-0.15, -0.1) is 0 Å². The largest absolute Gasteiger partial charge is 0.352 e. The zero-order valence-electron chi connectivity index (χ0n) is 13.9. The molecular formula is C21H20FN3. The molecule has 3 N–H and O–H groups in total. The molecule has 0 unspecified atom stereocenters. The Morgan fingerprint density at radius 1 is 1.00 bits per heavy atom. The van der Waals surface area contributed by atoms with Crippen LogP contribution in [0, 0.1) is 5.82 Å². The van der Waals surface area contributed by atoms with Crippen LogP contribution >= 0.6 is 0 Å². The molecule has 3 nitrogen and oxygen atoms in total. The van der Waals surface area contributed by atoms with Gasteiger partial charge in [-0.1, -0.05) is 36.4 Å². The number of aromatic nitrogens is 2. The Morgan fingerprint density at radius 3 is 2.72 bits per heavy atom. The molecule has 0 bridgehead atoms. The second kappa shape index (κ2) is 6.65. The number of fused-ring (bicyclic) bond motifs is 2. The smallest absolute Gasteiger partial charge is 0.147 e. The molecule has 0 saturated heterocycles. The van der Waals surface area contributed by atoms with Crippen LogP contribution in [0.3, 0.4) is 0 Å². The first-order valence-electron chi connectivity index (χ1n) is 8.63. The summed E-state index contributed by atoms with van der Waals surface area (Å²) >= 11 is 0. The third kappa shape index (κ3) is 2.79. The normalized spacial score (nSPS) is 11.4. The Morgan fingerprint density at radius 2 is 1.84 bits per heavy atom. The Bertz CT molecular complexity index is 1030. The molecule has 0 spiro atoms. The summed E-state index contributed by atoms with van der Waals surface area (Å²) in [4.78, 5) is 7.88. The molecule has 0 saturated carbocycles. The minimum Gasteiger partial charge on any atom is -0.352 e. The Balaban J connectivity index is 1.96. The number of nitrogens with two attached hydrogens (primary N) is 1. The number of nitrogens with one attached hydrogen (secondary N) is 1. The van der Waals surface area contributed by atoms with Crippen LogP contribution in [0.2, 0.25) is 0 Å². The molecule has 2 aromatic heterocycles. The van der Waals surface area contributed by atoms with E-state index < -0.39 is 0 Å². The molecule has 2 aromatic carbocycles. The van der Waals surface area contributed by atoms with Crippen molar-refractivity contribution in [3.05, 3.63) is 66.1 Å². The van der Waals surface area contributed by atoms with E-state index in [4.69, 9.17) is 5.73 Å². The first kappa shape index (κ1) is 15.8. The number of halogens is 1. The minimum atomic E-state index is -0.225. The van der Waals surface area contributed by atoms with Gasteiger partial charge in [-0.05, 0) is 43.5 Å². The van der Waals surface area contributed by atoms with Crippen molar-refractivity contribution in [2.45, 2.75) is 19.3 Å². The summed E-state index contributed by atoms with van der Waals surface area (Å²) in [7, 11) is 0. The number of aryl methyl sites for hydroxylation is 1. The van der Waals surface area contributed by atoms with E-state index in [-0.39, 0.29) is 5.82 Å². The number of hydrogen-bond acceptors (Lipinski definition) is 2. The number of nitrogens with zero attached hydrogens (tertiary/aromatic N) is 1. The van der Waals surface area contributed by atoms with E-state index in [9.17, 15) is 4.39 Å². The summed E-state index contributed by atoms with van der Waals surface area (Å²) in [5, 5.41) is 2.02. The topological polar surface area (TPSA) is 54.7 Å². The highest BCUT2D eigenvalue weighted by Crippen LogP contribution is 2.35. The highest BCUT2D eigenvalue weighted by molar-refractivity contribution is 5.98. The van der Waals surface area contributed by atoms with Gasteiger partial charge < -0.3 is 10.7 Å². The molecule has 126 valence electrons. The van der Waals surface area contributed by atoms with Crippen molar-refractivity contribution in [2.24, 2.45) is 5.73 Å². The first-order chi connectivity index (χ1) is 12.3. The van der Waals surface area contributed by atoms with Gasteiger partial charge in [-0.2, -0.15) is 0 Å². The SMILES string of the molecule is NCCCCc1c(-c2cccc3cccnc23)[nH]c2c(F)cccc12. The molecule has 0 aliphatic rings. The van der Waals surface area contributed by atoms with Crippen molar-refractivity contribution in [1.82, 2.24) is 9.97 Å². The average molecular weight is 333 g/mol. The number of pyridine rings is 1. The number of aromatic amines is 1. The van der Waals surface area contributed by atoms with Gasteiger partial charge >= 0.3 is 0 Å². The molecule has 0 amide bonds. The van der Waals surface area contributed by atoms with Crippen molar-refractivity contribution in [3.8, 4) is 11.3 Å². The van der Waals surface area contributed by atoms with Gasteiger partial charge in [-0.25, -0.2) is 4.39 Å². The number of H-pyrrole nitrogens is 1. The van der Waals surface area contributed by atoms with Gasteiger partial charge in [0.2, 0.25) is 0 Å². The Hall–Kier alpha value is -2.72. The van der Waals surface area contributed by atoms with Gasteiger partial charge in [0.1, 0.15) is 5.82 Å². The maximum atomic E-state index is 14.3. The quantitative estimate of drug-likeness (QED) is 0.515.